The Bertz CT molecular complexity index is 1200. The third-order valence-corrected chi connectivity index (χ3v) is 5.38. The quantitative estimate of drug-likeness (QED) is 0.507. The summed E-state index contributed by atoms with van der Waals surface area (Å²) in [7, 11) is 0. The summed E-state index contributed by atoms with van der Waals surface area (Å²) in [6, 6.07) is 12.9. The number of imidazole rings is 1. The first-order valence-electron chi connectivity index (χ1n) is 8.91. The number of hydrogen-bond acceptors (Lipinski definition) is 4. The van der Waals surface area contributed by atoms with E-state index < -0.39 is 5.91 Å². The largest absolute Gasteiger partial charge is 0.366 e. The molecule has 8 heteroatoms. The van der Waals surface area contributed by atoms with E-state index >= 15 is 0 Å². The number of hydrogen-bond donors (Lipinski definition) is 2. The number of aromatic nitrogens is 2. The summed E-state index contributed by atoms with van der Waals surface area (Å²) in [6.45, 7) is 0. The van der Waals surface area contributed by atoms with Crippen LogP contribution in [-0.4, -0.2) is 21.2 Å². The molecule has 2 aromatic carbocycles. The summed E-state index contributed by atoms with van der Waals surface area (Å²) in [5.74, 6) is -0.980. The monoisotopic (exact) mass is 408 g/mol. The summed E-state index contributed by atoms with van der Waals surface area (Å²) in [5.41, 5.74) is 8.13. The van der Waals surface area contributed by atoms with Crippen LogP contribution in [0.15, 0.2) is 60.1 Å². The fourth-order valence-corrected chi connectivity index (χ4v) is 3.90. The van der Waals surface area contributed by atoms with Crippen LogP contribution in [0.2, 0.25) is 0 Å². The molecule has 146 valence electrons. The molecule has 0 saturated heterocycles. The van der Waals surface area contributed by atoms with Crippen LogP contribution in [0.4, 0.5) is 10.1 Å². The van der Waals surface area contributed by atoms with Crippen molar-refractivity contribution in [3.05, 3.63) is 77.2 Å². The Kier molecular flexibility index (Phi) is 5.09. The van der Waals surface area contributed by atoms with E-state index in [0.717, 1.165) is 10.7 Å². The molecule has 2 heterocycles. The maximum Gasteiger partial charge on any atom is 0.248 e. The van der Waals surface area contributed by atoms with Crippen LogP contribution < -0.4 is 11.1 Å². The van der Waals surface area contributed by atoms with Crippen molar-refractivity contribution in [2.45, 2.75) is 12.8 Å². The van der Waals surface area contributed by atoms with Crippen LogP contribution in [0.3, 0.4) is 0 Å². The molecule has 2 amide bonds. The van der Waals surface area contributed by atoms with Gasteiger partial charge in [-0.3, -0.25) is 14.0 Å². The lowest BCUT2D eigenvalue weighted by atomic mass is 10.1. The molecule has 0 aliphatic heterocycles. The third kappa shape index (κ3) is 4.02. The van der Waals surface area contributed by atoms with Gasteiger partial charge in [0.05, 0.1) is 5.69 Å². The van der Waals surface area contributed by atoms with E-state index in [1.807, 2.05) is 9.78 Å². The van der Waals surface area contributed by atoms with Gasteiger partial charge in [-0.05, 0) is 42.8 Å². The highest BCUT2D eigenvalue weighted by Gasteiger charge is 2.13. The van der Waals surface area contributed by atoms with Gasteiger partial charge in [-0.15, -0.1) is 11.3 Å². The van der Waals surface area contributed by atoms with Gasteiger partial charge in [-0.1, -0.05) is 12.1 Å². The Morgan fingerprint density at radius 3 is 2.62 bits per heavy atom. The van der Waals surface area contributed by atoms with Gasteiger partial charge in [-0.25, -0.2) is 9.37 Å². The number of amides is 2. The number of aryl methyl sites for hydroxylation is 1. The lowest BCUT2D eigenvalue weighted by Crippen LogP contribution is -2.14. The van der Waals surface area contributed by atoms with Crippen molar-refractivity contribution >= 4 is 33.8 Å². The van der Waals surface area contributed by atoms with Crippen LogP contribution in [0, 0.1) is 5.82 Å². The predicted molar refractivity (Wildman–Crippen MR) is 110 cm³/mol. The summed E-state index contributed by atoms with van der Waals surface area (Å²) >= 11 is 1.45. The number of carbonyl (C=O) groups is 2. The highest BCUT2D eigenvalue weighted by molar-refractivity contribution is 7.15. The number of benzene rings is 2. The second-order valence-corrected chi connectivity index (χ2v) is 7.31. The fourth-order valence-electron chi connectivity index (χ4n) is 2.99. The van der Waals surface area contributed by atoms with Crippen LogP contribution in [0.1, 0.15) is 22.5 Å². The standard InChI is InChI=1S/C21H17FN4O2S/c22-17-4-2-1-3-16(17)18-11-26-15(12-29-21(26)25-18)9-10-19(27)24-14-7-5-13(6-8-14)20(23)28/h1-8,11-12H,9-10H2,(H2,23,28)(H,24,27). The molecule has 4 aromatic rings. The van der Waals surface area contributed by atoms with Gasteiger partial charge in [0, 0.05) is 40.5 Å². The molecule has 0 saturated carbocycles. The van der Waals surface area contributed by atoms with Crippen molar-refractivity contribution in [1.29, 1.82) is 0 Å². The molecule has 0 aliphatic rings. The van der Waals surface area contributed by atoms with Crippen LogP contribution in [0.25, 0.3) is 16.2 Å². The van der Waals surface area contributed by atoms with E-state index in [2.05, 4.69) is 10.3 Å². The van der Waals surface area contributed by atoms with Crippen molar-refractivity contribution in [1.82, 2.24) is 9.38 Å². The average Bonchev–Trinajstić information content (AvgIpc) is 3.28. The number of halogens is 1. The second-order valence-electron chi connectivity index (χ2n) is 6.48. The first-order chi connectivity index (χ1) is 14.0. The highest BCUT2D eigenvalue weighted by atomic mass is 32.1. The smallest absolute Gasteiger partial charge is 0.248 e. The van der Waals surface area contributed by atoms with E-state index in [1.54, 1.807) is 48.7 Å². The molecule has 0 aliphatic carbocycles. The number of nitrogens with one attached hydrogen (secondary N) is 1. The molecule has 0 bridgehead atoms. The number of fused-ring (bicyclic) bond motifs is 1. The number of anilines is 1. The van der Waals surface area contributed by atoms with Crippen molar-refractivity contribution in [2.24, 2.45) is 5.73 Å². The minimum absolute atomic E-state index is 0.148. The molecule has 0 fully saturated rings. The SMILES string of the molecule is NC(=O)c1ccc(NC(=O)CCc2csc3nc(-c4ccccc4F)cn23)cc1. The Labute approximate surface area is 169 Å². The van der Waals surface area contributed by atoms with Gasteiger partial charge in [0.2, 0.25) is 11.8 Å². The number of thiazole rings is 1. The topological polar surface area (TPSA) is 89.5 Å². The minimum atomic E-state index is -0.514. The summed E-state index contributed by atoms with van der Waals surface area (Å²) in [6.07, 6.45) is 2.58. The number of carbonyl (C=O) groups excluding carboxylic acids is 2. The molecule has 0 radical (unpaired) electrons. The van der Waals surface area contributed by atoms with Gasteiger partial charge >= 0.3 is 0 Å². The lowest BCUT2D eigenvalue weighted by Gasteiger charge is -2.05. The first kappa shape index (κ1) is 18.8. The molecule has 3 N–H and O–H groups in total. The lowest BCUT2D eigenvalue weighted by molar-refractivity contribution is -0.116. The second kappa shape index (κ2) is 7.84. The molecule has 2 aromatic heterocycles. The van der Waals surface area contributed by atoms with E-state index in [1.165, 1.54) is 17.4 Å². The Morgan fingerprint density at radius 1 is 1.14 bits per heavy atom. The molecule has 29 heavy (non-hydrogen) atoms. The summed E-state index contributed by atoms with van der Waals surface area (Å²) in [4.78, 5) is 28.6. The predicted octanol–water partition coefficient (Wildman–Crippen LogP) is 3.87. The molecule has 0 spiro atoms. The van der Waals surface area contributed by atoms with E-state index in [4.69, 9.17) is 5.73 Å². The van der Waals surface area contributed by atoms with Crippen LogP contribution in [-0.2, 0) is 11.2 Å². The molecule has 0 atom stereocenters. The van der Waals surface area contributed by atoms with Crippen LogP contribution in [0.5, 0.6) is 0 Å². The van der Waals surface area contributed by atoms with Crippen molar-refractivity contribution in [2.75, 3.05) is 5.32 Å². The normalized spacial score (nSPS) is 10.9. The summed E-state index contributed by atoms with van der Waals surface area (Å²) < 4.78 is 15.9. The highest BCUT2D eigenvalue weighted by Crippen LogP contribution is 2.26. The zero-order valence-electron chi connectivity index (χ0n) is 15.3. The number of primary amides is 1. The number of nitrogens with two attached hydrogens (primary N) is 1. The van der Waals surface area contributed by atoms with Crippen molar-refractivity contribution in [3.63, 3.8) is 0 Å². The minimum Gasteiger partial charge on any atom is -0.366 e. The molecular formula is C21H17FN4O2S. The van der Waals surface area contributed by atoms with Gasteiger partial charge in [-0.2, -0.15) is 0 Å². The molecule has 0 unspecified atom stereocenters. The number of nitrogens with zero attached hydrogens (tertiary/aromatic N) is 2. The maximum absolute atomic E-state index is 14.0. The molecule has 4 rings (SSSR count). The van der Waals surface area contributed by atoms with Gasteiger partial charge in [0.1, 0.15) is 5.82 Å². The number of rotatable bonds is 6. The zero-order valence-corrected chi connectivity index (χ0v) is 16.1. The molecular weight excluding hydrogens is 391 g/mol. The van der Waals surface area contributed by atoms with E-state index in [0.29, 0.717) is 28.9 Å². The molecule has 6 nitrogen and oxygen atoms in total. The maximum atomic E-state index is 14.0. The average molecular weight is 408 g/mol. The van der Waals surface area contributed by atoms with Gasteiger partial charge in [0.25, 0.3) is 0 Å². The third-order valence-electron chi connectivity index (χ3n) is 4.49. The van der Waals surface area contributed by atoms with Crippen LogP contribution >= 0.6 is 11.3 Å². The fraction of sp³-hybridized carbons (Fsp3) is 0.0952. The summed E-state index contributed by atoms with van der Waals surface area (Å²) in [5, 5.41) is 4.74. The van der Waals surface area contributed by atoms with E-state index in [9.17, 15) is 14.0 Å². The van der Waals surface area contributed by atoms with Crippen molar-refractivity contribution < 1.29 is 14.0 Å². The van der Waals surface area contributed by atoms with Gasteiger partial charge < -0.3 is 11.1 Å². The Morgan fingerprint density at radius 2 is 1.90 bits per heavy atom. The zero-order chi connectivity index (χ0) is 20.4. The first-order valence-corrected chi connectivity index (χ1v) is 9.79. The van der Waals surface area contributed by atoms with Crippen molar-refractivity contribution in [3.8, 4) is 11.3 Å². The Balaban J connectivity index is 1.43. The van der Waals surface area contributed by atoms with Gasteiger partial charge in [0.15, 0.2) is 4.96 Å². The Hall–Kier alpha value is -3.52. The van der Waals surface area contributed by atoms with E-state index in [-0.39, 0.29) is 18.1 Å².